The van der Waals surface area contributed by atoms with E-state index in [4.69, 9.17) is 18.9 Å². The van der Waals surface area contributed by atoms with Crippen LogP contribution in [0.4, 0.5) is 5.95 Å². The second-order valence-corrected chi connectivity index (χ2v) is 10.9. The van der Waals surface area contributed by atoms with E-state index in [1.165, 1.54) is 33.7 Å². The van der Waals surface area contributed by atoms with Crippen LogP contribution < -0.4 is 18.9 Å². The highest BCUT2D eigenvalue weighted by Gasteiger charge is 2.35. The number of benzene rings is 1. The number of hydrogen-bond donors (Lipinski definition) is 1. The molecule has 3 aromatic rings. The van der Waals surface area contributed by atoms with E-state index in [-0.39, 0.29) is 18.2 Å². The van der Waals surface area contributed by atoms with Gasteiger partial charge in [-0.1, -0.05) is 13.0 Å². The first kappa shape index (κ1) is 26.6. The number of hydrogen-bond acceptors (Lipinski definition) is 10. The number of nitrogens with zero attached hydrogens (tertiary/aromatic N) is 5. The Hall–Kier alpha value is -3.45. The van der Waals surface area contributed by atoms with Crippen LogP contribution in [0.25, 0.3) is 5.69 Å². The van der Waals surface area contributed by atoms with Crippen molar-refractivity contribution in [1.29, 1.82) is 0 Å². The molecule has 0 radical (unpaired) electrons. The Bertz CT molecular complexity index is 1310. The van der Waals surface area contributed by atoms with E-state index in [0.29, 0.717) is 41.0 Å². The molecule has 13 heteroatoms. The molecular formula is C24H32N6O6S. The summed E-state index contributed by atoms with van der Waals surface area (Å²) >= 11 is 0. The van der Waals surface area contributed by atoms with Crippen LogP contribution in [0.5, 0.6) is 17.2 Å². The molecule has 0 amide bonds. The first-order valence-electron chi connectivity index (χ1n) is 11.9. The van der Waals surface area contributed by atoms with E-state index in [1.807, 2.05) is 6.92 Å². The molecule has 2 aromatic heterocycles. The van der Waals surface area contributed by atoms with E-state index in [0.717, 1.165) is 6.42 Å². The smallest absolute Gasteiger partial charge is 0.243 e. The second-order valence-electron chi connectivity index (χ2n) is 8.86. The molecule has 4 rings (SSSR count). The molecule has 3 heterocycles. The van der Waals surface area contributed by atoms with Crippen molar-refractivity contribution in [2.24, 2.45) is 0 Å². The summed E-state index contributed by atoms with van der Waals surface area (Å²) in [5.74, 6) is 1.69. The molecule has 200 valence electrons. The fourth-order valence-corrected chi connectivity index (χ4v) is 5.43. The van der Waals surface area contributed by atoms with Crippen molar-refractivity contribution in [2.45, 2.75) is 57.0 Å². The van der Waals surface area contributed by atoms with Gasteiger partial charge in [-0.25, -0.2) is 18.4 Å². The first-order chi connectivity index (χ1) is 17.7. The fraction of sp³-hybridized carbons (Fsp3) is 0.500. The number of methoxy groups -OCH3 is 3. The topological polar surface area (TPSA) is 140 Å². The van der Waals surface area contributed by atoms with Crippen molar-refractivity contribution >= 4 is 16.0 Å². The van der Waals surface area contributed by atoms with Crippen molar-refractivity contribution in [1.82, 2.24) is 24.7 Å². The van der Waals surface area contributed by atoms with Crippen LogP contribution in [0, 0.1) is 0 Å². The Labute approximate surface area is 216 Å². The van der Waals surface area contributed by atoms with Gasteiger partial charge in [0.05, 0.1) is 45.1 Å². The monoisotopic (exact) mass is 532 g/mol. The first-order valence-corrected chi connectivity index (χ1v) is 13.4. The average Bonchev–Trinajstić information content (AvgIpc) is 3.52. The van der Waals surface area contributed by atoms with E-state index in [2.05, 4.69) is 24.9 Å². The molecule has 0 aliphatic carbocycles. The summed E-state index contributed by atoms with van der Waals surface area (Å²) in [6, 6.07) is 5.29. The number of ether oxygens (including phenoxy) is 4. The molecule has 0 bridgehead atoms. The van der Waals surface area contributed by atoms with Crippen LogP contribution in [0.3, 0.4) is 0 Å². The Balaban J connectivity index is 1.75. The second kappa shape index (κ2) is 10.9. The number of nitrogens with one attached hydrogen (secondary N) is 1. The van der Waals surface area contributed by atoms with E-state index in [9.17, 15) is 8.42 Å². The van der Waals surface area contributed by atoms with Gasteiger partial charge >= 0.3 is 0 Å². The standard InChI is InChI=1S/C24H32N6O6S/c1-14-10-11-20(36-14)23-27-28-24(30(23)21-18(34-5)8-7-9-19(21)35-6)29-37(31,32)16(3)15(2)22-25-12-17(33-4)13-26-22/h7-9,12-16,20H,10-11H2,1-6H3,(H,28,29)/t14-,15?,16?,20-/m0/s1. The lowest BCUT2D eigenvalue weighted by Crippen LogP contribution is -2.31. The zero-order valence-electron chi connectivity index (χ0n) is 21.7. The molecule has 1 N–H and O–H groups in total. The predicted octanol–water partition coefficient (Wildman–Crippen LogP) is 3.26. The summed E-state index contributed by atoms with van der Waals surface area (Å²) in [5, 5.41) is 7.65. The van der Waals surface area contributed by atoms with Crippen molar-refractivity contribution < 1.29 is 27.4 Å². The van der Waals surface area contributed by atoms with Gasteiger partial charge in [0, 0.05) is 5.92 Å². The molecule has 1 aliphatic heterocycles. The molecule has 37 heavy (non-hydrogen) atoms. The van der Waals surface area contributed by atoms with Crippen LogP contribution in [-0.4, -0.2) is 65.8 Å². The minimum Gasteiger partial charge on any atom is -0.494 e. The van der Waals surface area contributed by atoms with Gasteiger partial charge in [-0.2, -0.15) is 0 Å². The maximum Gasteiger partial charge on any atom is 0.243 e. The van der Waals surface area contributed by atoms with Crippen molar-refractivity contribution in [3.05, 3.63) is 42.2 Å². The normalized spacial score (nSPS) is 19.3. The van der Waals surface area contributed by atoms with Crippen LogP contribution in [0.2, 0.25) is 0 Å². The van der Waals surface area contributed by atoms with Crippen molar-refractivity contribution in [2.75, 3.05) is 26.1 Å². The summed E-state index contributed by atoms with van der Waals surface area (Å²) in [6.07, 6.45) is 4.24. The predicted molar refractivity (Wildman–Crippen MR) is 136 cm³/mol. The minimum atomic E-state index is -3.97. The zero-order chi connectivity index (χ0) is 26.7. The Morgan fingerprint density at radius 1 is 1.03 bits per heavy atom. The van der Waals surface area contributed by atoms with Gasteiger partial charge in [-0.3, -0.25) is 9.29 Å². The maximum atomic E-state index is 13.5. The molecule has 12 nitrogen and oxygen atoms in total. The van der Waals surface area contributed by atoms with E-state index < -0.39 is 21.2 Å². The summed E-state index contributed by atoms with van der Waals surface area (Å²) < 4.78 is 53.7. The third kappa shape index (κ3) is 5.32. The Morgan fingerprint density at radius 3 is 2.22 bits per heavy atom. The van der Waals surface area contributed by atoms with Gasteiger partial charge in [0.25, 0.3) is 0 Å². The zero-order valence-corrected chi connectivity index (χ0v) is 22.5. The molecule has 0 spiro atoms. The van der Waals surface area contributed by atoms with Crippen molar-refractivity contribution in [3.63, 3.8) is 0 Å². The summed E-state index contributed by atoms with van der Waals surface area (Å²) in [4.78, 5) is 8.51. The highest BCUT2D eigenvalue weighted by Crippen LogP contribution is 2.40. The van der Waals surface area contributed by atoms with Gasteiger partial charge in [-0.05, 0) is 38.8 Å². The molecule has 1 fully saturated rings. The molecule has 1 aliphatic rings. The molecule has 1 saturated heterocycles. The number of anilines is 1. The molecule has 4 atom stereocenters. The number of aromatic nitrogens is 5. The maximum absolute atomic E-state index is 13.5. The van der Waals surface area contributed by atoms with Gasteiger partial charge in [0.2, 0.25) is 16.0 Å². The Kier molecular flexibility index (Phi) is 7.83. The molecule has 0 saturated carbocycles. The van der Waals surface area contributed by atoms with E-state index in [1.54, 1.807) is 36.6 Å². The van der Waals surface area contributed by atoms with Gasteiger partial charge in [0.15, 0.2) is 11.6 Å². The summed E-state index contributed by atoms with van der Waals surface area (Å²) in [6.45, 7) is 5.32. The van der Waals surface area contributed by atoms with Gasteiger partial charge in [-0.15, -0.1) is 10.2 Å². The third-order valence-corrected chi connectivity index (χ3v) is 8.41. The summed E-state index contributed by atoms with van der Waals surface area (Å²) in [7, 11) is 0.590. The minimum absolute atomic E-state index is 0.00403. The lowest BCUT2D eigenvalue weighted by atomic mass is 10.1. The SMILES string of the molecule is COc1cnc(C(C)C(C)S(=O)(=O)Nc2nnc([C@@H]3CC[C@H](C)O3)n2-c2c(OC)cccc2OC)nc1. The van der Waals surface area contributed by atoms with Crippen molar-refractivity contribution in [3.8, 4) is 22.9 Å². The molecule has 1 aromatic carbocycles. The highest BCUT2D eigenvalue weighted by molar-refractivity contribution is 7.93. The van der Waals surface area contributed by atoms with Gasteiger partial charge < -0.3 is 18.9 Å². The summed E-state index contributed by atoms with van der Waals surface area (Å²) in [5.41, 5.74) is 0.465. The quantitative estimate of drug-likeness (QED) is 0.414. The van der Waals surface area contributed by atoms with Crippen LogP contribution in [0.1, 0.15) is 57.3 Å². The lowest BCUT2D eigenvalue weighted by molar-refractivity contribution is 0.0492. The number of para-hydroxylation sites is 1. The van der Waals surface area contributed by atoms with E-state index >= 15 is 0 Å². The molecule has 2 unspecified atom stereocenters. The average molecular weight is 533 g/mol. The number of rotatable bonds is 10. The Morgan fingerprint density at radius 2 is 1.68 bits per heavy atom. The lowest BCUT2D eigenvalue weighted by Gasteiger charge is -2.22. The number of sulfonamides is 1. The largest absolute Gasteiger partial charge is 0.494 e. The fourth-order valence-electron chi connectivity index (χ4n) is 4.20. The van der Waals surface area contributed by atoms with Gasteiger partial charge in [0.1, 0.15) is 29.1 Å². The third-order valence-electron chi connectivity index (χ3n) is 6.55. The van der Waals surface area contributed by atoms with Crippen LogP contribution in [-0.2, 0) is 14.8 Å². The van der Waals surface area contributed by atoms with Crippen LogP contribution >= 0.6 is 0 Å². The van der Waals surface area contributed by atoms with Crippen LogP contribution in [0.15, 0.2) is 30.6 Å². The highest BCUT2D eigenvalue weighted by atomic mass is 32.2. The molecular weight excluding hydrogens is 500 g/mol.